The van der Waals surface area contributed by atoms with Crippen LogP contribution in [0.1, 0.15) is 18.4 Å². The Morgan fingerprint density at radius 1 is 1.21 bits per heavy atom. The maximum absolute atomic E-state index is 12.8. The summed E-state index contributed by atoms with van der Waals surface area (Å²) < 4.78 is 43.7. The minimum Gasteiger partial charge on any atom is -0.492 e. The van der Waals surface area contributed by atoms with Crippen LogP contribution in [0.25, 0.3) is 0 Å². The van der Waals surface area contributed by atoms with Crippen LogP contribution in [-0.2, 0) is 6.18 Å². The highest BCUT2D eigenvalue weighted by molar-refractivity contribution is 5.49. The predicted molar refractivity (Wildman–Crippen MR) is 67.0 cm³/mol. The van der Waals surface area contributed by atoms with Gasteiger partial charge in [-0.25, -0.2) is 0 Å². The van der Waals surface area contributed by atoms with Crippen LogP contribution in [0.2, 0.25) is 0 Å². The fourth-order valence-corrected chi connectivity index (χ4v) is 2.19. The molecule has 1 aromatic rings. The number of nitrogen functional groups attached to an aromatic ring is 1. The number of halogens is 3. The van der Waals surface area contributed by atoms with E-state index in [0.29, 0.717) is 6.54 Å². The van der Waals surface area contributed by atoms with Crippen LogP contribution < -0.4 is 10.5 Å². The molecule has 1 aliphatic rings. The lowest BCUT2D eigenvalue weighted by Crippen LogP contribution is -2.25. The van der Waals surface area contributed by atoms with Crippen LogP contribution in [0.15, 0.2) is 18.2 Å². The number of hydrogen-bond acceptors (Lipinski definition) is 3. The highest BCUT2D eigenvalue weighted by atomic mass is 19.4. The lowest BCUT2D eigenvalue weighted by Gasteiger charge is -2.17. The number of alkyl halides is 3. The number of likely N-dealkylation sites (tertiary alicyclic amines) is 1. The molecule has 106 valence electrons. The first-order chi connectivity index (χ1) is 8.97. The summed E-state index contributed by atoms with van der Waals surface area (Å²) in [7, 11) is 0. The standard InChI is InChI=1S/C13H17F3N2O/c14-13(15,16)11-9-10(17)3-4-12(11)19-8-7-18-5-1-2-6-18/h3-4,9H,1-2,5-8,17H2. The van der Waals surface area contributed by atoms with Gasteiger partial charge in [-0.05, 0) is 44.1 Å². The smallest absolute Gasteiger partial charge is 0.420 e. The number of anilines is 1. The van der Waals surface area contributed by atoms with Gasteiger partial charge in [-0.2, -0.15) is 13.2 Å². The zero-order valence-electron chi connectivity index (χ0n) is 10.5. The van der Waals surface area contributed by atoms with Crippen molar-refractivity contribution in [2.24, 2.45) is 0 Å². The van der Waals surface area contributed by atoms with Gasteiger partial charge in [0.1, 0.15) is 12.4 Å². The largest absolute Gasteiger partial charge is 0.492 e. The molecule has 0 saturated carbocycles. The molecule has 0 atom stereocenters. The molecular weight excluding hydrogens is 257 g/mol. The first-order valence-corrected chi connectivity index (χ1v) is 6.29. The molecule has 1 saturated heterocycles. The molecule has 0 unspecified atom stereocenters. The van der Waals surface area contributed by atoms with E-state index < -0.39 is 11.7 Å². The van der Waals surface area contributed by atoms with E-state index in [4.69, 9.17) is 10.5 Å². The summed E-state index contributed by atoms with van der Waals surface area (Å²) in [6.45, 7) is 2.91. The lowest BCUT2D eigenvalue weighted by atomic mass is 10.1. The first kappa shape index (κ1) is 14.0. The number of benzene rings is 1. The van der Waals surface area contributed by atoms with Crippen molar-refractivity contribution in [3.05, 3.63) is 23.8 Å². The normalized spacial score (nSPS) is 16.8. The topological polar surface area (TPSA) is 38.5 Å². The molecule has 6 heteroatoms. The zero-order valence-corrected chi connectivity index (χ0v) is 10.5. The van der Waals surface area contributed by atoms with Gasteiger partial charge in [0.25, 0.3) is 0 Å². The summed E-state index contributed by atoms with van der Waals surface area (Å²) in [6.07, 6.45) is -2.15. The van der Waals surface area contributed by atoms with Gasteiger partial charge in [-0.3, -0.25) is 4.90 Å². The molecule has 3 nitrogen and oxygen atoms in total. The van der Waals surface area contributed by atoms with Crippen LogP contribution in [0, 0.1) is 0 Å². The third kappa shape index (κ3) is 3.76. The monoisotopic (exact) mass is 274 g/mol. The summed E-state index contributed by atoms with van der Waals surface area (Å²) in [6, 6.07) is 3.60. The molecular formula is C13H17F3N2O. The third-order valence-electron chi connectivity index (χ3n) is 3.17. The van der Waals surface area contributed by atoms with E-state index in [-0.39, 0.29) is 18.0 Å². The molecule has 1 aliphatic heterocycles. The van der Waals surface area contributed by atoms with Crippen molar-refractivity contribution in [3.8, 4) is 5.75 Å². The van der Waals surface area contributed by atoms with E-state index >= 15 is 0 Å². The Hall–Kier alpha value is -1.43. The van der Waals surface area contributed by atoms with Crippen molar-refractivity contribution in [3.63, 3.8) is 0 Å². The quantitative estimate of drug-likeness (QED) is 0.858. The Morgan fingerprint density at radius 3 is 2.53 bits per heavy atom. The SMILES string of the molecule is Nc1ccc(OCCN2CCCC2)c(C(F)(F)F)c1. The van der Waals surface area contributed by atoms with Crippen molar-refractivity contribution in [2.45, 2.75) is 19.0 Å². The Morgan fingerprint density at radius 2 is 1.89 bits per heavy atom. The Bertz CT molecular complexity index is 428. The summed E-state index contributed by atoms with van der Waals surface area (Å²) in [5.74, 6) is -0.152. The van der Waals surface area contributed by atoms with Crippen LogP contribution in [0.3, 0.4) is 0 Å². The average Bonchev–Trinajstić information content (AvgIpc) is 2.83. The highest BCUT2D eigenvalue weighted by Gasteiger charge is 2.34. The van der Waals surface area contributed by atoms with Crippen molar-refractivity contribution in [1.82, 2.24) is 4.90 Å². The van der Waals surface area contributed by atoms with Crippen molar-refractivity contribution in [1.29, 1.82) is 0 Å². The fraction of sp³-hybridized carbons (Fsp3) is 0.538. The van der Waals surface area contributed by atoms with Crippen LogP contribution in [-0.4, -0.2) is 31.1 Å². The van der Waals surface area contributed by atoms with Gasteiger partial charge in [0.15, 0.2) is 0 Å². The number of nitrogens with zero attached hydrogens (tertiary/aromatic N) is 1. The summed E-state index contributed by atoms with van der Waals surface area (Å²) in [4.78, 5) is 2.19. The minimum atomic E-state index is -4.45. The Labute approximate surface area is 110 Å². The van der Waals surface area contributed by atoms with E-state index in [1.807, 2.05) is 0 Å². The van der Waals surface area contributed by atoms with E-state index in [2.05, 4.69) is 4.90 Å². The molecule has 2 N–H and O–H groups in total. The lowest BCUT2D eigenvalue weighted by molar-refractivity contribution is -0.138. The molecule has 1 aromatic carbocycles. The molecule has 0 aliphatic carbocycles. The second kappa shape index (κ2) is 5.69. The summed E-state index contributed by atoms with van der Waals surface area (Å²) in [5.41, 5.74) is 4.66. The number of nitrogens with two attached hydrogens (primary N) is 1. The molecule has 19 heavy (non-hydrogen) atoms. The van der Waals surface area contributed by atoms with Gasteiger partial charge in [0.2, 0.25) is 0 Å². The second-order valence-electron chi connectivity index (χ2n) is 4.65. The number of rotatable bonds is 4. The number of ether oxygens (including phenoxy) is 1. The van der Waals surface area contributed by atoms with Crippen LogP contribution in [0.4, 0.5) is 18.9 Å². The summed E-state index contributed by atoms with van der Waals surface area (Å²) >= 11 is 0. The molecule has 0 aromatic heterocycles. The molecule has 0 bridgehead atoms. The average molecular weight is 274 g/mol. The minimum absolute atomic E-state index is 0.0826. The molecule has 1 fully saturated rings. The van der Waals surface area contributed by atoms with Crippen molar-refractivity contribution < 1.29 is 17.9 Å². The van der Waals surface area contributed by atoms with E-state index in [1.54, 1.807) is 0 Å². The van der Waals surface area contributed by atoms with Crippen LogP contribution in [0.5, 0.6) is 5.75 Å². The van der Waals surface area contributed by atoms with E-state index in [1.165, 1.54) is 12.1 Å². The molecule has 0 radical (unpaired) electrons. The molecule has 0 amide bonds. The van der Waals surface area contributed by atoms with Gasteiger partial charge in [-0.1, -0.05) is 0 Å². The van der Waals surface area contributed by atoms with Gasteiger partial charge in [0.05, 0.1) is 5.56 Å². The third-order valence-corrected chi connectivity index (χ3v) is 3.17. The summed E-state index contributed by atoms with van der Waals surface area (Å²) in [5, 5.41) is 0. The van der Waals surface area contributed by atoms with Crippen molar-refractivity contribution >= 4 is 5.69 Å². The van der Waals surface area contributed by atoms with Crippen molar-refractivity contribution in [2.75, 3.05) is 32.0 Å². The van der Waals surface area contributed by atoms with Gasteiger partial charge < -0.3 is 10.5 Å². The zero-order chi connectivity index (χ0) is 13.9. The number of hydrogen-bond donors (Lipinski definition) is 1. The van der Waals surface area contributed by atoms with Gasteiger partial charge in [-0.15, -0.1) is 0 Å². The van der Waals surface area contributed by atoms with Gasteiger partial charge >= 0.3 is 6.18 Å². The maximum atomic E-state index is 12.8. The maximum Gasteiger partial charge on any atom is 0.420 e. The Kier molecular flexibility index (Phi) is 4.19. The highest BCUT2D eigenvalue weighted by Crippen LogP contribution is 2.37. The Balaban J connectivity index is 1.98. The molecule has 0 spiro atoms. The van der Waals surface area contributed by atoms with Crippen LogP contribution >= 0.6 is 0 Å². The molecule has 2 rings (SSSR count). The van der Waals surface area contributed by atoms with Gasteiger partial charge in [0, 0.05) is 12.2 Å². The first-order valence-electron chi connectivity index (χ1n) is 6.29. The fourth-order valence-electron chi connectivity index (χ4n) is 2.19. The van der Waals surface area contributed by atoms with E-state index in [9.17, 15) is 13.2 Å². The second-order valence-corrected chi connectivity index (χ2v) is 4.65. The predicted octanol–water partition coefficient (Wildman–Crippen LogP) is 2.76. The molecule has 1 heterocycles. The van der Waals surface area contributed by atoms with E-state index in [0.717, 1.165) is 32.0 Å².